The summed E-state index contributed by atoms with van der Waals surface area (Å²) in [7, 11) is -1.65. The van der Waals surface area contributed by atoms with Gasteiger partial charge in [-0.05, 0) is 12.3 Å². The van der Waals surface area contributed by atoms with E-state index in [4.69, 9.17) is 0 Å². The molecule has 0 aliphatic rings. The molecule has 0 radical (unpaired) electrons. The Bertz CT molecular complexity index is 470. The fourth-order valence-electron chi connectivity index (χ4n) is 1.69. The van der Waals surface area contributed by atoms with Gasteiger partial charge in [0, 0.05) is 12.4 Å². The number of nitrogens with zero attached hydrogens (tertiary/aromatic N) is 2. The number of hydrogen-bond donors (Lipinski definition) is 4. The lowest BCUT2D eigenvalue weighted by Gasteiger charge is -2.19. The van der Waals surface area contributed by atoms with Crippen LogP contribution in [0.1, 0.15) is 30.8 Å². The lowest BCUT2D eigenvalue weighted by molar-refractivity contribution is -0.120. The quantitative estimate of drug-likeness (QED) is 0.466. The zero-order valence-electron chi connectivity index (χ0n) is 12.0. The monoisotopic (exact) mass is 294 g/mol. The maximum Gasteiger partial charge on any atom is 0.475 e. The summed E-state index contributed by atoms with van der Waals surface area (Å²) in [6, 6.07) is 0. The molecule has 1 aromatic heterocycles. The molecule has 2 amide bonds. The van der Waals surface area contributed by atoms with Crippen molar-refractivity contribution in [1.29, 1.82) is 0 Å². The van der Waals surface area contributed by atoms with Crippen molar-refractivity contribution in [1.82, 2.24) is 20.6 Å². The molecule has 1 atom stereocenters. The highest BCUT2D eigenvalue weighted by Crippen LogP contribution is 2.05. The Morgan fingerprint density at radius 1 is 1.33 bits per heavy atom. The highest BCUT2D eigenvalue weighted by molar-refractivity contribution is 6.43. The summed E-state index contributed by atoms with van der Waals surface area (Å²) in [6.45, 7) is 3.52. The molecule has 1 heterocycles. The minimum absolute atomic E-state index is 0.103. The third-order valence-corrected chi connectivity index (χ3v) is 2.64. The average Bonchev–Trinajstić information content (AvgIpc) is 2.44. The van der Waals surface area contributed by atoms with Gasteiger partial charge in [-0.15, -0.1) is 0 Å². The third kappa shape index (κ3) is 6.32. The van der Waals surface area contributed by atoms with Crippen LogP contribution in [0.4, 0.5) is 0 Å². The molecule has 0 unspecified atom stereocenters. The van der Waals surface area contributed by atoms with E-state index in [2.05, 4.69) is 20.6 Å². The van der Waals surface area contributed by atoms with E-state index >= 15 is 0 Å². The molecule has 0 aromatic carbocycles. The van der Waals surface area contributed by atoms with Crippen molar-refractivity contribution in [2.45, 2.75) is 26.2 Å². The van der Waals surface area contributed by atoms with Crippen LogP contribution in [0.2, 0.25) is 0 Å². The molecule has 0 saturated carbocycles. The van der Waals surface area contributed by atoms with Gasteiger partial charge in [-0.25, -0.2) is 4.98 Å². The van der Waals surface area contributed by atoms with Crippen LogP contribution < -0.4 is 10.6 Å². The molecular weight excluding hydrogens is 275 g/mol. The number of carbonyl (C=O) groups excluding carboxylic acids is 2. The molecule has 0 aliphatic carbocycles. The summed E-state index contributed by atoms with van der Waals surface area (Å²) in [4.78, 5) is 30.9. The first-order valence-electron chi connectivity index (χ1n) is 6.60. The number of aromatic nitrogens is 2. The highest BCUT2D eigenvalue weighted by atomic mass is 16.4. The molecule has 0 fully saturated rings. The fourth-order valence-corrected chi connectivity index (χ4v) is 1.69. The van der Waals surface area contributed by atoms with Gasteiger partial charge < -0.3 is 20.7 Å². The normalized spacial score (nSPS) is 11.9. The second-order valence-electron chi connectivity index (χ2n) is 4.99. The topological polar surface area (TPSA) is 124 Å². The van der Waals surface area contributed by atoms with Crippen molar-refractivity contribution >= 4 is 18.9 Å². The predicted molar refractivity (Wildman–Crippen MR) is 75.9 cm³/mol. The number of hydrogen-bond acceptors (Lipinski definition) is 6. The Kier molecular flexibility index (Phi) is 6.76. The third-order valence-electron chi connectivity index (χ3n) is 2.64. The average molecular weight is 294 g/mol. The molecule has 1 aromatic rings. The molecular formula is C12H19BN4O4. The summed E-state index contributed by atoms with van der Waals surface area (Å²) >= 11 is 0. The van der Waals surface area contributed by atoms with E-state index in [9.17, 15) is 19.6 Å². The maximum atomic E-state index is 11.7. The second kappa shape index (κ2) is 8.33. The van der Waals surface area contributed by atoms with E-state index in [1.165, 1.54) is 18.6 Å². The largest absolute Gasteiger partial charge is 0.475 e. The van der Waals surface area contributed by atoms with E-state index in [0.717, 1.165) is 0 Å². The minimum atomic E-state index is -1.65. The van der Waals surface area contributed by atoms with Crippen molar-refractivity contribution in [3.8, 4) is 0 Å². The van der Waals surface area contributed by atoms with Gasteiger partial charge in [0.25, 0.3) is 5.91 Å². The van der Waals surface area contributed by atoms with Gasteiger partial charge in [0.05, 0.1) is 18.7 Å². The van der Waals surface area contributed by atoms with E-state index in [1.54, 1.807) is 0 Å². The van der Waals surface area contributed by atoms with Gasteiger partial charge in [-0.1, -0.05) is 13.8 Å². The van der Waals surface area contributed by atoms with Crippen molar-refractivity contribution in [3.05, 3.63) is 24.3 Å². The Morgan fingerprint density at radius 2 is 2.05 bits per heavy atom. The summed E-state index contributed by atoms with van der Waals surface area (Å²) in [6.07, 6.45) is 4.51. The van der Waals surface area contributed by atoms with Crippen molar-refractivity contribution < 1.29 is 19.6 Å². The van der Waals surface area contributed by atoms with Gasteiger partial charge in [-0.2, -0.15) is 0 Å². The van der Waals surface area contributed by atoms with Gasteiger partial charge in [0.1, 0.15) is 5.69 Å². The highest BCUT2D eigenvalue weighted by Gasteiger charge is 2.26. The molecule has 114 valence electrons. The Morgan fingerprint density at radius 3 is 2.57 bits per heavy atom. The molecule has 0 aliphatic heterocycles. The van der Waals surface area contributed by atoms with Crippen molar-refractivity contribution in [3.63, 3.8) is 0 Å². The zero-order valence-corrected chi connectivity index (χ0v) is 12.0. The molecule has 4 N–H and O–H groups in total. The minimum Gasteiger partial charge on any atom is -0.426 e. The Balaban J connectivity index is 2.44. The number of rotatable bonds is 7. The van der Waals surface area contributed by atoms with Crippen LogP contribution in [0.5, 0.6) is 0 Å². The van der Waals surface area contributed by atoms with E-state index in [0.29, 0.717) is 6.42 Å². The van der Waals surface area contributed by atoms with E-state index in [1.807, 2.05) is 13.8 Å². The molecule has 0 saturated heterocycles. The molecule has 8 nitrogen and oxygen atoms in total. The van der Waals surface area contributed by atoms with Crippen LogP contribution >= 0.6 is 0 Å². The summed E-state index contributed by atoms with van der Waals surface area (Å²) in [5.74, 6) is -1.62. The van der Waals surface area contributed by atoms with Gasteiger partial charge in [0.15, 0.2) is 0 Å². The molecule has 1 rings (SSSR count). The smallest absolute Gasteiger partial charge is 0.426 e. The first-order valence-corrected chi connectivity index (χ1v) is 6.60. The first kappa shape index (κ1) is 17.1. The van der Waals surface area contributed by atoms with Gasteiger partial charge in [-0.3, -0.25) is 14.6 Å². The van der Waals surface area contributed by atoms with Crippen LogP contribution in [-0.4, -0.2) is 51.4 Å². The number of amides is 2. The molecule has 9 heteroatoms. The van der Waals surface area contributed by atoms with Crippen LogP contribution in [0, 0.1) is 5.92 Å². The zero-order chi connectivity index (χ0) is 15.8. The van der Waals surface area contributed by atoms with E-state index in [-0.39, 0.29) is 18.2 Å². The Hall–Kier alpha value is -2.00. The number of carbonyl (C=O) groups is 2. The maximum absolute atomic E-state index is 11.7. The van der Waals surface area contributed by atoms with Crippen molar-refractivity contribution in [2.75, 3.05) is 6.54 Å². The van der Waals surface area contributed by atoms with E-state index < -0.39 is 24.9 Å². The summed E-state index contributed by atoms with van der Waals surface area (Å²) < 4.78 is 0. The lowest BCUT2D eigenvalue weighted by atomic mass is 9.75. The number of nitrogens with one attached hydrogen (secondary N) is 2. The molecule has 0 spiro atoms. The standard InChI is InChI=1S/C12H19BN4O4/c1-8(2)5-10(13(20)21)17-11(18)7-16-12(19)9-6-14-3-4-15-9/h3-4,6,8,10,20-21H,5,7H2,1-2H3,(H,16,19)(H,17,18)/t10-/m0/s1. The fraction of sp³-hybridized carbons (Fsp3) is 0.500. The predicted octanol–water partition coefficient (Wildman–Crippen LogP) is -1.25. The SMILES string of the molecule is CC(C)C[C@H](NC(=O)CNC(=O)c1cnccn1)B(O)O. The van der Waals surface area contributed by atoms with Crippen molar-refractivity contribution in [2.24, 2.45) is 5.92 Å². The Labute approximate surface area is 123 Å². The lowest BCUT2D eigenvalue weighted by Crippen LogP contribution is -2.50. The summed E-state index contributed by atoms with van der Waals surface area (Å²) in [5, 5.41) is 23.2. The molecule has 21 heavy (non-hydrogen) atoms. The van der Waals surface area contributed by atoms with Crippen LogP contribution in [0.25, 0.3) is 0 Å². The summed E-state index contributed by atoms with van der Waals surface area (Å²) in [5.41, 5.74) is 0.103. The van der Waals surface area contributed by atoms with Gasteiger partial charge >= 0.3 is 7.12 Å². The van der Waals surface area contributed by atoms with Crippen LogP contribution in [0.15, 0.2) is 18.6 Å². The van der Waals surface area contributed by atoms with Gasteiger partial charge in [0.2, 0.25) is 5.91 Å². The van der Waals surface area contributed by atoms with Crippen LogP contribution in [0.3, 0.4) is 0 Å². The second-order valence-corrected chi connectivity index (χ2v) is 4.99. The first-order chi connectivity index (χ1) is 9.90. The van der Waals surface area contributed by atoms with Crippen LogP contribution in [-0.2, 0) is 4.79 Å². The molecule has 0 bridgehead atoms.